The van der Waals surface area contributed by atoms with Crippen LogP contribution in [0.15, 0.2) is 0 Å². The summed E-state index contributed by atoms with van der Waals surface area (Å²) in [7, 11) is -4.38. The third kappa shape index (κ3) is 13.1. The molecular formula is C21H44O4S. The fraction of sp³-hybridized carbons (Fsp3) is 1.00. The highest BCUT2D eigenvalue weighted by Gasteiger charge is 2.37. The quantitative estimate of drug-likeness (QED) is 0.191. The Morgan fingerprint density at radius 3 is 1.19 bits per heavy atom. The molecule has 2 N–H and O–H groups in total. The van der Waals surface area contributed by atoms with Crippen molar-refractivity contribution in [3.63, 3.8) is 0 Å². The highest BCUT2D eigenvalue weighted by molar-refractivity contribution is 7.87. The molecule has 0 saturated carbocycles. The number of hydrogen-bond donors (Lipinski definition) is 2. The van der Waals surface area contributed by atoms with Crippen LogP contribution in [-0.2, 0) is 10.1 Å². The molecule has 0 heterocycles. The molecule has 0 spiro atoms. The monoisotopic (exact) mass is 392 g/mol. The van der Waals surface area contributed by atoms with Crippen LogP contribution in [0.3, 0.4) is 0 Å². The van der Waals surface area contributed by atoms with E-state index in [0.717, 1.165) is 12.8 Å². The second-order valence-electron chi connectivity index (χ2n) is 7.83. The maximum atomic E-state index is 11.2. The zero-order valence-electron chi connectivity index (χ0n) is 17.3. The molecule has 1 unspecified atom stereocenters. The molecule has 26 heavy (non-hydrogen) atoms. The summed E-state index contributed by atoms with van der Waals surface area (Å²) in [6.07, 6.45) is 20.3. The molecule has 0 rings (SSSR count). The average molecular weight is 393 g/mol. The van der Waals surface area contributed by atoms with E-state index < -0.39 is 15.1 Å². The van der Waals surface area contributed by atoms with Gasteiger partial charge in [0, 0.05) is 0 Å². The topological polar surface area (TPSA) is 74.6 Å². The smallest absolute Gasteiger partial charge is 0.294 e. The lowest BCUT2D eigenvalue weighted by atomic mass is 10.0. The number of rotatable bonds is 19. The van der Waals surface area contributed by atoms with Crippen LogP contribution in [0.5, 0.6) is 0 Å². The van der Waals surface area contributed by atoms with E-state index in [1.807, 2.05) is 0 Å². The van der Waals surface area contributed by atoms with E-state index in [-0.39, 0.29) is 12.8 Å². The van der Waals surface area contributed by atoms with E-state index in [9.17, 15) is 13.5 Å². The molecule has 0 saturated heterocycles. The summed E-state index contributed by atoms with van der Waals surface area (Å²) in [6, 6.07) is 0. The summed E-state index contributed by atoms with van der Waals surface area (Å²) in [4.78, 5) is -1.96. The first-order valence-electron chi connectivity index (χ1n) is 11.1. The normalized spacial score (nSPS) is 14.5. The fourth-order valence-corrected chi connectivity index (χ4v) is 4.20. The Morgan fingerprint density at radius 1 is 0.615 bits per heavy atom. The molecule has 0 aliphatic carbocycles. The number of hydrogen-bond acceptors (Lipinski definition) is 3. The molecule has 0 radical (unpaired) electrons. The van der Waals surface area contributed by atoms with Gasteiger partial charge in [-0.2, -0.15) is 8.42 Å². The summed E-state index contributed by atoms with van der Waals surface area (Å²) in [6.45, 7) is 3.84. The van der Waals surface area contributed by atoms with Gasteiger partial charge >= 0.3 is 0 Å². The lowest BCUT2D eigenvalue weighted by Gasteiger charge is -2.22. The summed E-state index contributed by atoms with van der Waals surface area (Å²) >= 11 is 0. The number of aliphatic hydroxyl groups is 1. The lowest BCUT2D eigenvalue weighted by Crippen LogP contribution is -2.37. The zero-order valence-corrected chi connectivity index (χ0v) is 18.2. The Balaban J connectivity index is 3.34. The molecular weight excluding hydrogens is 348 g/mol. The third-order valence-corrected chi connectivity index (χ3v) is 6.91. The molecule has 0 amide bonds. The van der Waals surface area contributed by atoms with Gasteiger partial charge in [0.15, 0.2) is 4.93 Å². The van der Waals surface area contributed by atoms with Gasteiger partial charge in [0.25, 0.3) is 10.1 Å². The molecule has 0 aromatic heterocycles. The first kappa shape index (κ1) is 25.9. The van der Waals surface area contributed by atoms with Gasteiger partial charge in [-0.15, -0.1) is 0 Å². The predicted octanol–water partition coefficient (Wildman–Crippen LogP) is 6.62. The van der Waals surface area contributed by atoms with Crippen molar-refractivity contribution in [3.05, 3.63) is 0 Å². The van der Waals surface area contributed by atoms with Gasteiger partial charge in [-0.1, -0.05) is 110 Å². The van der Waals surface area contributed by atoms with Crippen LogP contribution in [0.4, 0.5) is 0 Å². The van der Waals surface area contributed by atoms with Crippen molar-refractivity contribution in [2.24, 2.45) is 0 Å². The van der Waals surface area contributed by atoms with Crippen LogP contribution in [0.25, 0.3) is 0 Å². The Hall–Kier alpha value is -0.130. The Bertz CT molecular complexity index is 408. The minimum absolute atomic E-state index is 0.0323. The minimum atomic E-state index is -4.38. The number of unbranched alkanes of at least 4 members (excludes halogenated alkanes) is 15. The van der Waals surface area contributed by atoms with Gasteiger partial charge in [0.05, 0.1) is 0 Å². The van der Waals surface area contributed by atoms with Crippen molar-refractivity contribution in [3.8, 4) is 0 Å². The van der Waals surface area contributed by atoms with Crippen molar-refractivity contribution in [2.45, 2.75) is 134 Å². The largest absolute Gasteiger partial charge is 0.372 e. The zero-order chi connectivity index (χ0) is 19.7. The molecule has 0 fully saturated rings. The highest BCUT2D eigenvalue weighted by atomic mass is 32.2. The molecule has 0 aromatic rings. The predicted molar refractivity (Wildman–Crippen MR) is 111 cm³/mol. The van der Waals surface area contributed by atoms with Gasteiger partial charge in [0.1, 0.15) is 0 Å². The highest BCUT2D eigenvalue weighted by Crippen LogP contribution is 2.25. The third-order valence-electron chi connectivity index (χ3n) is 5.45. The summed E-state index contributed by atoms with van der Waals surface area (Å²) in [5.74, 6) is 0. The standard InChI is InChI=1S/C21H44O4S/c1-3-5-6-7-8-9-10-11-12-13-14-15-16-17-18-19-20-21(22,4-2)26(23,24)25/h22H,3-20H2,1-2H3,(H,23,24,25). The molecule has 5 heteroatoms. The van der Waals surface area contributed by atoms with Crippen LogP contribution in [0, 0.1) is 0 Å². The van der Waals surface area contributed by atoms with E-state index in [0.29, 0.717) is 6.42 Å². The average Bonchev–Trinajstić information content (AvgIpc) is 2.60. The van der Waals surface area contributed by atoms with E-state index in [1.165, 1.54) is 83.5 Å². The second-order valence-corrected chi connectivity index (χ2v) is 9.54. The van der Waals surface area contributed by atoms with Gasteiger partial charge in [0.2, 0.25) is 0 Å². The molecule has 0 aliphatic rings. The van der Waals surface area contributed by atoms with Crippen LogP contribution in [0.2, 0.25) is 0 Å². The van der Waals surface area contributed by atoms with Crippen molar-refractivity contribution in [2.75, 3.05) is 0 Å². The second kappa shape index (κ2) is 15.9. The lowest BCUT2D eigenvalue weighted by molar-refractivity contribution is 0.0965. The Labute approximate surface area is 162 Å². The van der Waals surface area contributed by atoms with Crippen LogP contribution in [-0.4, -0.2) is 23.0 Å². The molecule has 0 bridgehead atoms. The van der Waals surface area contributed by atoms with E-state index in [4.69, 9.17) is 4.55 Å². The van der Waals surface area contributed by atoms with E-state index >= 15 is 0 Å². The molecule has 4 nitrogen and oxygen atoms in total. The van der Waals surface area contributed by atoms with Gasteiger partial charge in [-0.3, -0.25) is 4.55 Å². The molecule has 0 aromatic carbocycles. The van der Waals surface area contributed by atoms with Crippen molar-refractivity contribution < 1.29 is 18.1 Å². The van der Waals surface area contributed by atoms with E-state index in [2.05, 4.69) is 6.92 Å². The van der Waals surface area contributed by atoms with E-state index in [1.54, 1.807) is 6.92 Å². The molecule has 1 atom stereocenters. The maximum absolute atomic E-state index is 11.2. The Kier molecular flexibility index (Phi) is 15.8. The summed E-state index contributed by atoms with van der Waals surface area (Å²) in [5.41, 5.74) is 0. The SMILES string of the molecule is CCCCCCCCCCCCCCCCCCC(O)(CC)S(=O)(=O)O. The van der Waals surface area contributed by atoms with Crippen molar-refractivity contribution in [1.29, 1.82) is 0 Å². The van der Waals surface area contributed by atoms with Crippen molar-refractivity contribution >= 4 is 10.1 Å². The van der Waals surface area contributed by atoms with Gasteiger partial charge in [-0.05, 0) is 19.3 Å². The van der Waals surface area contributed by atoms with Crippen LogP contribution >= 0.6 is 0 Å². The van der Waals surface area contributed by atoms with Gasteiger partial charge < -0.3 is 5.11 Å². The fourth-order valence-electron chi connectivity index (χ4n) is 3.44. The first-order chi connectivity index (χ1) is 12.4. The molecule has 158 valence electrons. The molecule has 0 aliphatic heterocycles. The maximum Gasteiger partial charge on any atom is 0.294 e. The first-order valence-corrected chi connectivity index (χ1v) is 12.5. The summed E-state index contributed by atoms with van der Waals surface area (Å²) in [5, 5.41) is 9.93. The van der Waals surface area contributed by atoms with Crippen LogP contribution < -0.4 is 0 Å². The Morgan fingerprint density at radius 2 is 0.923 bits per heavy atom. The van der Waals surface area contributed by atoms with Crippen LogP contribution in [0.1, 0.15) is 129 Å². The van der Waals surface area contributed by atoms with Crippen molar-refractivity contribution in [1.82, 2.24) is 0 Å². The summed E-state index contributed by atoms with van der Waals surface area (Å²) < 4.78 is 31.4. The van der Waals surface area contributed by atoms with Gasteiger partial charge in [-0.25, -0.2) is 0 Å². The minimum Gasteiger partial charge on any atom is -0.372 e.